The Bertz CT molecular complexity index is 3330. The third kappa shape index (κ3) is 5.46. The van der Waals surface area contributed by atoms with Gasteiger partial charge in [-0.05, 0) is 105 Å². The molecule has 0 saturated carbocycles. The van der Waals surface area contributed by atoms with Crippen LogP contribution in [0.1, 0.15) is 51.7 Å². The molecule has 0 bridgehead atoms. The number of fused-ring (bicyclic) bond motifs is 10. The second kappa shape index (κ2) is 13.5. The molecule has 8 aromatic carbocycles. The molecule has 0 saturated heterocycles. The van der Waals surface area contributed by atoms with E-state index in [1.54, 1.807) is 0 Å². The Morgan fingerprint density at radius 2 is 1.30 bits per heavy atom. The molecule has 0 aliphatic carbocycles. The van der Waals surface area contributed by atoms with Gasteiger partial charge in [0.2, 0.25) is 0 Å². The highest BCUT2D eigenvalue weighted by Gasteiger charge is 2.44. The summed E-state index contributed by atoms with van der Waals surface area (Å²) in [6, 6.07) is 60.1. The maximum absolute atomic E-state index is 7.11. The number of nitrogens with zero attached hydrogens (tertiary/aromatic N) is 2. The molecule has 0 N–H and O–H groups in total. The van der Waals surface area contributed by atoms with Crippen molar-refractivity contribution in [2.24, 2.45) is 0 Å². The van der Waals surface area contributed by atoms with Gasteiger partial charge in [-0.2, -0.15) is 0 Å². The van der Waals surface area contributed by atoms with Crippen LogP contribution in [-0.4, -0.2) is 11.3 Å². The average molecular weight is 789 g/mol. The van der Waals surface area contributed by atoms with Gasteiger partial charge in [-0.1, -0.05) is 149 Å². The minimum atomic E-state index is -0.144. The Morgan fingerprint density at radius 3 is 2.05 bits per heavy atom. The number of hydrogen-bond acceptors (Lipinski definition) is 3. The summed E-state index contributed by atoms with van der Waals surface area (Å²) in [6.07, 6.45) is 3.10. The van der Waals surface area contributed by atoms with Gasteiger partial charge in [0.05, 0.1) is 16.7 Å². The summed E-state index contributed by atoms with van der Waals surface area (Å²) < 4.78 is 16.6. The van der Waals surface area contributed by atoms with E-state index < -0.39 is 0 Å². The van der Waals surface area contributed by atoms with Gasteiger partial charge in [-0.3, -0.25) is 0 Å². The van der Waals surface area contributed by atoms with Crippen LogP contribution in [0.2, 0.25) is 0 Å². The molecule has 4 nitrogen and oxygen atoms in total. The number of furan rings is 1. The van der Waals surface area contributed by atoms with Crippen LogP contribution in [0, 0.1) is 0 Å². The first-order valence-corrected chi connectivity index (χ1v) is 21.8. The fraction of sp³-hybridized carbons (Fsp3) is 0.143. The summed E-state index contributed by atoms with van der Waals surface area (Å²) in [5, 5.41) is 4.76. The average Bonchev–Trinajstić information content (AvgIpc) is 3.84. The number of unbranched alkanes of at least 4 members (excludes halogenated alkanes) is 1. The van der Waals surface area contributed by atoms with Crippen LogP contribution in [0.4, 0.5) is 17.1 Å². The highest BCUT2D eigenvalue weighted by atomic mass is 16.5. The van der Waals surface area contributed by atoms with E-state index in [0.29, 0.717) is 0 Å². The molecule has 294 valence electrons. The number of hydrogen-bond donors (Lipinski definition) is 0. The maximum Gasteiger partial charge on any atom is 0.256 e. The molecule has 0 radical (unpaired) electrons. The Hall–Kier alpha value is -6.98. The molecular formula is C56H45BN2O2. The first-order valence-electron chi connectivity index (χ1n) is 21.8. The Labute approximate surface area is 356 Å². The highest BCUT2D eigenvalue weighted by molar-refractivity contribution is 6.99. The first-order chi connectivity index (χ1) is 29.9. The molecule has 10 aromatic rings. The van der Waals surface area contributed by atoms with Crippen LogP contribution < -0.4 is 26.0 Å². The predicted octanol–water partition coefficient (Wildman–Crippen LogP) is 13.4. The van der Waals surface area contributed by atoms with Gasteiger partial charge >= 0.3 is 0 Å². The monoisotopic (exact) mass is 788 g/mol. The number of anilines is 3. The Kier molecular flexibility index (Phi) is 7.96. The topological polar surface area (TPSA) is 30.5 Å². The van der Waals surface area contributed by atoms with E-state index in [4.69, 9.17) is 9.15 Å². The van der Waals surface area contributed by atoms with E-state index >= 15 is 0 Å². The quantitative estimate of drug-likeness (QED) is 0.157. The molecule has 0 atom stereocenters. The van der Waals surface area contributed by atoms with Crippen molar-refractivity contribution >= 4 is 83.9 Å². The van der Waals surface area contributed by atoms with E-state index in [1.807, 2.05) is 0 Å². The minimum absolute atomic E-state index is 0.0705. The number of rotatable bonds is 6. The molecule has 2 aliphatic heterocycles. The molecule has 0 fully saturated rings. The minimum Gasteiger partial charge on any atom is -0.458 e. The van der Waals surface area contributed by atoms with Gasteiger partial charge in [0, 0.05) is 38.6 Å². The predicted molar refractivity (Wildman–Crippen MR) is 257 cm³/mol. The lowest BCUT2D eigenvalue weighted by Gasteiger charge is -2.42. The highest BCUT2D eigenvalue weighted by Crippen LogP contribution is 2.49. The molecule has 5 heteroatoms. The summed E-state index contributed by atoms with van der Waals surface area (Å²) in [4.78, 5) is 2.56. The molecule has 2 aromatic heterocycles. The molecule has 0 spiro atoms. The van der Waals surface area contributed by atoms with Gasteiger partial charge in [0.15, 0.2) is 5.58 Å². The van der Waals surface area contributed by atoms with Crippen LogP contribution in [0.15, 0.2) is 168 Å². The van der Waals surface area contributed by atoms with Crippen molar-refractivity contribution in [3.8, 4) is 28.3 Å². The fourth-order valence-electron chi connectivity index (χ4n) is 10.2. The summed E-state index contributed by atoms with van der Waals surface area (Å²) in [7, 11) is 0. The lowest BCUT2D eigenvalue weighted by molar-refractivity contribution is 0.483. The smallest absolute Gasteiger partial charge is 0.256 e. The van der Waals surface area contributed by atoms with Crippen molar-refractivity contribution in [3.05, 3.63) is 175 Å². The molecule has 2 aliphatic rings. The third-order valence-corrected chi connectivity index (χ3v) is 13.2. The van der Waals surface area contributed by atoms with E-state index in [0.717, 1.165) is 75.4 Å². The largest absolute Gasteiger partial charge is 0.458 e. The number of ether oxygens (including phenoxy) is 1. The number of benzene rings is 8. The number of aromatic nitrogens is 1. The Morgan fingerprint density at radius 1 is 0.574 bits per heavy atom. The third-order valence-electron chi connectivity index (χ3n) is 13.2. The van der Waals surface area contributed by atoms with Gasteiger partial charge in [0.1, 0.15) is 17.1 Å². The van der Waals surface area contributed by atoms with Gasteiger partial charge < -0.3 is 18.6 Å². The fourth-order valence-corrected chi connectivity index (χ4v) is 10.2. The number of aryl methyl sites for hydroxylation is 1. The lowest BCUT2D eigenvalue weighted by atomic mass is 9.34. The van der Waals surface area contributed by atoms with Crippen LogP contribution in [-0.2, 0) is 11.8 Å². The van der Waals surface area contributed by atoms with Gasteiger partial charge in [0.25, 0.3) is 6.71 Å². The van der Waals surface area contributed by atoms with Crippen molar-refractivity contribution in [1.82, 2.24) is 4.57 Å². The van der Waals surface area contributed by atoms with E-state index in [9.17, 15) is 0 Å². The van der Waals surface area contributed by atoms with Crippen molar-refractivity contribution in [1.29, 1.82) is 0 Å². The zero-order chi connectivity index (χ0) is 41.0. The van der Waals surface area contributed by atoms with Gasteiger partial charge in [-0.15, -0.1) is 0 Å². The van der Waals surface area contributed by atoms with Crippen LogP contribution in [0.25, 0.3) is 60.6 Å². The van der Waals surface area contributed by atoms with Crippen molar-refractivity contribution < 1.29 is 9.15 Å². The number of para-hydroxylation sites is 3. The zero-order valence-corrected chi connectivity index (χ0v) is 35.0. The molecule has 0 unspecified atom stereocenters. The molecular weight excluding hydrogens is 743 g/mol. The van der Waals surface area contributed by atoms with E-state index in [2.05, 4.69) is 201 Å². The molecule has 12 rings (SSSR count). The summed E-state index contributed by atoms with van der Waals surface area (Å²) in [5.74, 6) is 1.82. The molecule has 61 heavy (non-hydrogen) atoms. The zero-order valence-electron chi connectivity index (χ0n) is 35.0. The van der Waals surface area contributed by atoms with Crippen LogP contribution >= 0.6 is 0 Å². The van der Waals surface area contributed by atoms with Crippen LogP contribution in [0.3, 0.4) is 0 Å². The van der Waals surface area contributed by atoms with Gasteiger partial charge in [-0.25, -0.2) is 0 Å². The van der Waals surface area contributed by atoms with E-state index in [1.165, 1.54) is 60.4 Å². The molecule has 4 heterocycles. The van der Waals surface area contributed by atoms with Crippen LogP contribution in [0.5, 0.6) is 11.5 Å². The maximum atomic E-state index is 7.11. The second-order valence-electron chi connectivity index (χ2n) is 17.9. The second-order valence-corrected chi connectivity index (χ2v) is 17.9. The summed E-state index contributed by atoms with van der Waals surface area (Å²) >= 11 is 0. The summed E-state index contributed by atoms with van der Waals surface area (Å²) in [6.45, 7) is 9.11. The molecule has 0 amide bonds. The van der Waals surface area contributed by atoms with Crippen molar-refractivity contribution in [3.63, 3.8) is 0 Å². The lowest BCUT2D eigenvalue weighted by Crippen LogP contribution is -2.59. The van der Waals surface area contributed by atoms with E-state index in [-0.39, 0.29) is 12.1 Å². The van der Waals surface area contributed by atoms with Crippen molar-refractivity contribution in [2.75, 3.05) is 4.90 Å². The first kappa shape index (κ1) is 35.9. The summed E-state index contributed by atoms with van der Waals surface area (Å²) in [5.41, 5.74) is 17.1. The Balaban J connectivity index is 1.21. The van der Waals surface area contributed by atoms with Crippen molar-refractivity contribution in [2.45, 2.75) is 52.4 Å². The normalized spacial score (nSPS) is 13.2. The SMILES string of the molecule is CCCCc1ccc2c(oc3ccccc32)c1N1c2cc(-n3c4ccccc4c4ccccc43)ccc2B2c3cc(-c4ccccc4)ccc3Oc3cc(C(C)(C)C)cc1c32. The standard InChI is InChI=1S/C56H45BN2O2/c1-5-6-16-36-25-28-43-42-21-12-15-24-50(42)61-55(43)54(36)59-48-34-39(58-46-22-13-10-19-40(46)41-20-11-14-23-47(41)58)27-29-44(48)57-45-31-37(35-17-8-7-9-18-35)26-30-51(45)60-52-33-38(56(2,3)4)32-49(59)53(52)57/h7-15,17-34H,5-6,16H2,1-4H3.